The molecule has 7 heteroatoms. The van der Waals surface area contributed by atoms with Gasteiger partial charge in [0.25, 0.3) is 5.91 Å². The fourth-order valence-electron chi connectivity index (χ4n) is 2.53. The van der Waals surface area contributed by atoms with Gasteiger partial charge in [-0.15, -0.1) is 0 Å². The number of pyridine rings is 1. The Balaban J connectivity index is 1.87. The summed E-state index contributed by atoms with van der Waals surface area (Å²) in [6, 6.07) is 5.51. The van der Waals surface area contributed by atoms with Crippen molar-refractivity contribution < 1.29 is 13.2 Å². The molecule has 0 radical (unpaired) electrons. The molecule has 1 amide bonds. The minimum absolute atomic E-state index is 0.155. The third-order valence-electron chi connectivity index (χ3n) is 3.69. The maximum atomic E-state index is 12.5. The normalized spacial score (nSPS) is 19.6. The smallest absolute Gasteiger partial charge is 0.257 e. The first kappa shape index (κ1) is 13.1. The molecule has 20 heavy (non-hydrogen) atoms. The van der Waals surface area contributed by atoms with E-state index < -0.39 is 15.1 Å². The number of aromatic nitrogens is 2. The molecule has 1 saturated heterocycles. The fraction of sp³-hybridized carbons (Fsp3) is 0.385. The highest BCUT2D eigenvalue weighted by Gasteiger charge is 2.33. The van der Waals surface area contributed by atoms with Gasteiger partial charge in [-0.3, -0.25) is 4.79 Å². The van der Waals surface area contributed by atoms with Crippen LogP contribution >= 0.6 is 0 Å². The van der Waals surface area contributed by atoms with Crippen molar-refractivity contribution in [2.75, 3.05) is 19.3 Å². The van der Waals surface area contributed by atoms with Crippen LogP contribution in [0.1, 0.15) is 16.8 Å². The molecule has 1 atom stereocenters. The Bertz CT molecular complexity index is 766. The zero-order chi connectivity index (χ0) is 14.3. The lowest BCUT2D eigenvalue weighted by Gasteiger charge is -2.15. The van der Waals surface area contributed by atoms with E-state index in [0.717, 1.165) is 5.52 Å². The van der Waals surface area contributed by atoms with Gasteiger partial charge in [-0.2, -0.15) is 5.10 Å². The number of fused-ring (bicyclic) bond motifs is 1. The average Bonchev–Trinajstić information content (AvgIpc) is 3.04. The molecule has 2 aromatic rings. The summed E-state index contributed by atoms with van der Waals surface area (Å²) in [5.41, 5.74) is 1.25. The number of nitrogens with zero attached hydrogens (tertiary/aromatic N) is 3. The van der Waals surface area contributed by atoms with E-state index in [4.69, 9.17) is 0 Å². The lowest BCUT2D eigenvalue weighted by atomic mass is 10.2. The molecule has 1 aliphatic heterocycles. The Labute approximate surface area is 116 Å². The van der Waals surface area contributed by atoms with Gasteiger partial charge in [0, 0.05) is 25.5 Å². The third kappa shape index (κ3) is 2.18. The van der Waals surface area contributed by atoms with E-state index in [1.54, 1.807) is 15.6 Å². The van der Waals surface area contributed by atoms with Crippen molar-refractivity contribution in [3.05, 3.63) is 36.2 Å². The predicted octanol–water partition coefficient (Wildman–Crippen LogP) is 0.593. The fourth-order valence-corrected chi connectivity index (χ4v) is 3.52. The van der Waals surface area contributed by atoms with Crippen LogP contribution in [0.25, 0.3) is 5.52 Å². The van der Waals surface area contributed by atoms with Gasteiger partial charge in [0.15, 0.2) is 9.84 Å². The largest absolute Gasteiger partial charge is 0.337 e. The highest BCUT2D eigenvalue weighted by molar-refractivity contribution is 7.91. The molecule has 3 heterocycles. The molecule has 0 spiro atoms. The first-order valence-corrected chi connectivity index (χ1v) is 8.33. The number of carbonyl (C=O) groups excluding carboxylic acids is 1. The van der Waals surface area contributed by atoms with Gasteiger partial charge in [0.1, 0.15) is 0 Å². The van der Waals surface area contributed by atoms with E-state index in [1.165, 1.54) is 12.5 Å². The molecule has 1 aliphatic rings. The summed E-state index contributed by atoms with van der Waals surface area (Å²) in [6.07, 6.45) is 5.03. The van der Waals surface area contributed by atoms with E-state index >= 15 is 0 Å². The number of carbonyl (C=O) groups is 1. The molecular formula is C13H15N3O3S. The Morgan fingerprint density at radius 2 is 2.20 bits per heavy atom. The second-order valence-corrected chi connectivity index (χ2v) is 7.41. The van der Waals surface area contributed by atoms with Crippen LogP contribution in [-0.4, -0.2) is 53.4 Å². The molecule has 0 aliphatic carbocycles. The number of hydrogen-bond donors (Lipinski definition) is 0. The molecule has 6 nitrogen and oxygen atoms in total. The van der Waals surface area contributed by atoms with Gasteiger partial charge in [-0.25, -0.2) is 12.9 Å². The Morgan fingerprint density at radius 3 is 2.90 bits per heavy atom. The SMILES string of the molecule is CS(=O)(=O)C1CCN(C(=O)c2cnn3ccccc23)C1. The minimum atomic E-state index is -3.10. The number of hydrogen-bond acceptors (Lipinski definition) is 4. The molecule has 1 unspecified atom stereocenters. The summed E-state index contributed by atoms with van der Waals surface area (Å²) in [4.78, 5) is 14.1. The lowest BCUT2D eigenvalue weighted by Crippen LogP contribution is -2.31. The van der Waals surface area contributed by atoms with Gasteiger partial charge in [0.05, 0.1) is 22.5 Å². The zero-order valence-corrected chi connectivity index (χ0v) is 11.9. The summed E-state index contributed by atoms with van der Waals surface area (Å²) >= 11 is 0. The quantitative estimate of drug-likeness (QED) is 0.812. The summed E-state index contributed by atoms with van der Waals surface area (Å²) < 4.78 is 24.7. The second-order valence-electron chi connectivity index (χ2n) is 5.08. The Kier molecular flexibility index (Phi) is 3.01. The topological polar surface area (TPSA) is 71.8 Å². The van der Waals surface area contributed by atoms with Gasteiger partial charge in [-0.05, 0) is 18.6 Å². The van der Waals surface area contributed by atoms with Crippen molar-refractivity contribution in [3.63, 3.8) is 0 Å². The van der Waals surface area contributed by atoms with Crippen LogP contribution in [0.5, 0.6) is 0 Å². The van der Waals surface area contributed by atoms with Crippen molar-refractivity contribution in [2.45, 2.75) is 11.7 Å². The monoisotopic (exact) mass is 293 g/mol. The Morgan fingerprint density at radius 1 is 1.40 bits per heavy atom. The van der Waals surface area contributed by atoms with E-state index in [9.17, 15) is 13.2 Å². The minimum Gasteiger partial charge on any atom is -0.337 e. The first-order valence-electron chi connectivity index (χ1n) is 6.37. The Hall–Kier alpha value is -1.89. The molecule has 2 aromatic heterocycles. The molecule has 106 valence electrons. The molecule has 1 fully saturated rings. The lowest BCUT2D eigenvalue weighted by molar-refractivity contribution is 0.0795. The summed E-state index contributed by atoms with van der Waals surface area (Å²) in [7, 11) is -3.10. The van der Waals surface area contributed by atoms with E-state index in [1.807, 2.05) is 18.2 Å². The van der Waals surface area contributed by atoms with Gasteiger partial charge in [0.2, 0.25) is 0 Å². The van der Waals surface area contributed by atoms with Gasteiger partial charge < -0.3 is 4.90 Å². The van der Waals surface area contributed by atoms with Crippen LogP contribution in [-0.2, 0) is 9.84 Å². The van der Waals surface area contributed by atoms with Gasteiger partial charge >= 0.3 is 0 Å². The van der Waals surface area contributed by atoms with Crippen molar-refractivity contribution >= 4 is 21.3 Å². The van der Waals surface area contributed by atoms with Crippen molar-refractivity contribution in [1.29, 1.82) is 0 Å². The van der Waals surface area contributed by atoms with Crippen LogP contribution in [0.4, 0.5) is 0 Å². The van der Waals surface area contributed by atoms with Gasteiger partial charge in [-0.1, -0.05) is 6.07 Å². The van der Waals surface area contributed by atoms with E-state index in [2.05, 4.69) is 5.10 Å². The summed E-state index contributed by atoms with van der Waals surface area (Å²) in [6.45, 7) is 0.739. The van der Waals surface area contributed by atoms with Crippen molar-refractivity contribution in [1.82, 2.24) is 14.5 Å². The van der Waals surface area contributed by atoms with Crippen LogP contribution in [0, 0.1) is 0 Å². The highest BCUT2D eigenvalue weighted by Crippen LogP contribution is 2.20. The van der Waals surface area contributed by atoms with Crippen LogP contribution in [0.15, 0.2) is 30.6 Å². The zero-order valence-electron chi connectivity index (χ0n) is 11.1. The van der Waals surface area contributed by atoms with Crippen LogP contribution in [0.2, 0.25) is 0 Å². The molecule has 3 rings (SSSR count). The maximum absolute atomic E-state index is 12.5. The molecule has 0 saturated carbocycles. The van der Waals surface area contributed by atoms with E-state index in [-0.39, 0.29) is 12.5 Å². The maximum Gasteiger partial charge on any atom is 0.257 e. The number of amides is 1. The highest BCUT2D eigenvalue weighted by atomic mass is 32.2. The van der Waals surface area contributed by atoms with Crippen LogP contribution in [0.3, 0.4) is 0 Å². The number of sulfone groups is 1. The molecule has 0 aromatic carbocycles. The second kappa shape index (κ2) is 4.59. The number of rotatable bonds is 2. The summed E-state index contributed by atoms with van der Waals surface area (Å²) in [5, 5.41) is 3.68. The van der Waals surface area contributed by atoms with Crippen molar-refractivity contribution in [3.8, 4) is 0 Å². The summed E-state index contributed by atoms with van der Waals surface area (Å²) in [5.74, 6) is -0.155. The average molecular weight is 293 g/mol. The molecule has 0 N–H and O–H groups in total. The number of likely N-dealkylation sites (tertiary alicyclic amines) is 1. The van der Waals surface area contributed by atoms with Crippen LogP contribution < -0.4 is 0 Å². The molecular weight excluding hydrogens is 278 g/mol. The predicted molar refractivity (Wildman–Crippen MR) is 74.3 cm³/mol. The van der Waals surface area contributed by atoms with E-state index in [0.29, 0.717) is 18.5 Å². The first-order chi connectivity index (χ1) is 9.47. The van der Waals surface area contributed by atoms with Crippen molar-refractivity contribution in [2.24, 2.45) is 0 Å². The third-order valence-corrected chi connectivity index (χ3v) is 5.29. The standard InChI is InChI=1S/C13H15N3O3S/c1-20(18,19)10-5-7-15(9-10)13(17)11-8-14-16-6-3-2-4-12(11)16/h2-4,6,8,10H,5,7,9H2,1H3. The molecule has 0 bridgehead atoms.